The third-order valence-electron chi connectivity index (χ3n) is 4.36. The molecular weight excluding hydrogens is 266 g/mol. The fraction of sp³-hybridized carbons (Fsp3) is 0.529. The lowest BCUT2D eigenvalue weighted by Gasteiger charge is -2.28. The Morgan fingerprint density at radius 2 is 1.71 bits per heavy atom. The van der Waals surface area contributed by atoms with Crippen LogP contribution >= 0.6 is 0 Å². The van der Waals surface area contributed by atoms with E-state index in [1.807, 2.05) is 38.1 Å². The highest BCUT2D eigenvalue weighted by atomic mass is 16.4. The zero-order valence-corrected chi connectivity index (χ0v) is 12.6. The van der Waals surface area contributed by atoms with Gasteiger partial charge < -0.3 is 10.4 Å². The molecule has 0 spiro atoms. The number of rotatable bonds is 4. The van der Waals surface area contributed by atoms with E-state index in [2.05, 4.69) is 5.32 Å². The highest BCUT2D eigenvalue weighted by Crippen LogP contribution is 2.31. The summed E-state index contributed by atoms with van der Waals surface area (Å²) in [5.41, 5.74) is 2.21. The van der Waals surface area contributed by atoms with Crippen LogP contribution in [0.15, 0.2) is 24.3 Å². The standard InChI is InChI=1S/C17H23NO3/c1-11-7-9-13(10-8-11)12(2)18-16(19)14-5-3-4-6-15(14)17(20)21/h7-10,12,14-15H,3-6H2,1-2H3,(H,18,19)(H,20,21)/t12?,14-,15+/m1/s1. The number of hydrogen-bond acceptors (Lipinski definition) is 2. The zero-order valence-electron chi connectivity index (χ0n) is 12.6. The van der Waals surface area contributed by atoms with E-state index in [1.165, 1.54) is 5.56 Å². The summed E-state index contributed by atoms with van der Waals surface area (Å²) in [4.78, 5) is 23.7. The van der Waals surface area contributed by atoms with Gasteiger partial charge in [0.2, 0.25) is 5.91 Å². The molecule has 1 amide bonds. The van der Waals surface area contributed by atoms with Crippen LogP contribution in [-0.2, 0) is 9.59 Å². The molecule has 1 aromatic carbocycles. The number of amides is 1. The van der Waals surface area contributed by atoms with Crippen molar-refractivity contribution in [1.29, 1.82) is 0 Å². The zero-order chi connectivity index (χ0) is 15.4. The quantitative estimate of drug-likeness (QED) is 0.895. The minimum atomic E-state index is -0.849. The predicted octanol–water partition coefficient (Wildman–Crippen LogP) is 3.06. The first-order valence-corrected chi connectivity index (χ1v) is 7.59. The van der Waals surface area contributed by atoms with Crippen LogP contribution in [0.5, 0.6) is 0 Å². The Labute approximate surface area is 125 Å². The summed E-state index contributed by atoms with van der Waals surface area (Å²) in [5.74, 6) is -1.92. The summed E-state index contributed by atoms with van der Waals surface area (Å²) in [7, 11) is 0. The largest absolute Gasteiger partial charge is 0.481 e. The normalized spacial score (nSPS) is 23.3. The average Bonchev–Trinajstić information content (AvgIpc) is 2.47. The van der Waals surface area contributed by atoms with Gasteiger partial charge in [0.25, 0.3) is 0 Å². The molecule has 21 heavy (non-hydrogen) atoms. The molecule has 2 rings (SSSR count). The number of aryl methyl sites for hydroxylation is 1. The molecule has 1 aliphatic carbocycles. The summed E-state index contributed by atoms with van der Waals surface area (Å²) >= 11 is 0. The van der Waals surface area contributed by atoms with Gasteiger partial charge in [-0.25, -0.2) is 0 Å². The second-order valence-corrected chi connectivity index (χ2v) is 5.98. The molecule has 0 aromatic heterocycles. The van der Waals surface area contributed by atoms with Crippen molar-refractivity contribution in [2.45, 2.75) is 45.6 Å². The number of carbonyl (C=O) groups excluding carboxylic acids is 1. The number of carboxylic acid groups (broad SMARTS) is 1. The van der Waals surface area contributed by atoms with Crippen molar-refractivity contribution in [3.05, 3.63) is 35.4 Å². The molecule has 2 N–H and O–H groups in total. The predicted molar refractivity (Wildman–Crippen MR) is 80.8 cm³/mol. The first kappa shape index (κ1) is 15.5. The number of nitrogens with one attached hydrogen (secondary N) is 1. The topological polar surface area (TPSA) is 66.4 Å². The third kappa shape index (κ3) is 3.84. The van der Waals surface area contributed by atoms with Crippen LogP contribution in [0.2, 0.25) is 0 Å². The van der Waals surface area contributed by atoms with Crippen molar-refractivity contribution in [1.82, 2.24) is 5.32 Å². The van der Waals surface area contributed by atoms with Gasteiger partial charge in [0.05, 0.1) is 17.9 Å². The van der Waals surface area contributed by atoms with Crippen molar-refractivity contribution in [3.8, 4) is 0 Å². The molecule has 0 aliphatic heterocycles. The molecule has 0 radical (unpaired) electrons. The molecule has 1 aromatic rings. The Balaban J connectivity index is 2.02. The van der Waals surface area contributed by atoms with E-state index >= 15 is 0 Å². The molecule has 1 fully saturated rings. The van der Waals surface area contributed by atoms with E-state index in [0.29, 0.717) is 12.8 Å². The van der Waals surface area contributed by atoms with Gasteiger partial charge in [0, 0.05) is 0 Å². The van der Waals surface area contributed by atoms with E-state index < -0.39 is 17.8 Å². The van der Waals surface area contributed by atoms with Crippen molar-refractivity contribution in [3.63, 3.8) is 0 Å². The second kappa shape index (κ2) is 6.74. The molecule has 1 aliphatic rings. The van der Waals surface area contributed by atoms with E-state index in [4.69, 9.17) is 0 Å². The lowest BCUT2D eigenvalue weighted by molar-refractivity contribution is -0.149. The highest BCUT2D eigenvalue weighted by Gasteiger charge is 2.36. The van der Waals surface area contributed by atoms with Gasteiger partial charge in [-0.05, 0) is 32.3 Å². The molecule has 4 heteroatoms. The third-order valence-corrected chi connectivity index (χ3v) is 4.36. The Morgan fingerprint density at radius 1 is 1.14 bits per heavy atom. The van der Waals surface area contributed by atoms with Crippen LogP contribution in [0.1, 0.15) is 49.8 Å². The van der Waals surface area contributed by atoms with Gasteiger partial charge in [0.1, 0.15) is 0 Å². The van der Waals surface area contributed by atoms with Crippen LogP contribution in [0.25, 0.3) is 0 Å². The summed E-state index contributed by atoms with van der Waals surface area (Å²) in [6, 6.07) is 7.91. The van der Waals surface area contributed by atoms with Gasteiger partial charge in [-0.1, -0.05) is 42.7 Å². The van der Waals surface area contributed by atoms with E-state index in [-0.39, 0.29) is 11.9 Å². The van der Waals surface area contributed by atoms with Gasteiger partial charge in [0.15, 0.2) is 0 Å². The summed E-state index contributed by atoms with van der Waals surface area (Å²) in [6.45, 7) is 3.95. The lowest BCUT2D eigenvalue weighted by atomic mass is 9.78. The monoisotopic (exact) mass is 289 g/mol. The van der Waals surface area contributed by atoms with Crippen LogP contribution in [-0.4, -0.2) is 17.0 Å². The van der Waals surface area contributed by atoms with Gasteiger partial charge in [-0.15, -0.1) is 0 Å². The molecular formula is C17H23NO3. The number of carboxylic acids is 1. The summed E-state index contributed by atoms with van der Waals surface area (Å²) in [6.07, 6.45) is 3.10. The van der Waals surface area contributed by atoms with Crippen LogP contribution in [0.3, 0.4) is 0 Å². The Hall–Kier alpha value is -1.84. The smallest absolute Gasteiger partial charge is 0.307 e. The van der Waals surface area contributed by atoms with Gasteiger partial charge in [-0.2, -0.15) is 0 Å². The highest BCUT2D eigenvalue weighted by molar-refractivity contribution is 5.85. The molecule has 0 heterocycles. The van der Waals surface area contributed by atoms with Crippen LogP contribution in [0.4, 0.5) is 0 Å². The Kier molecular flexibility index (Phi) is 4.99. The van der Waals surface area contributed by atoms with Crippen LogP contribution < -0.4 is 5.32 Å². The van der Waals surface area contributed by atoms with Gasteiger partial charge >= 0.3 is 5.97 Å². The number of benzene rings is 1. The lowest BCUT2D eigenvalue weighted by Crippen LogP contribution is -2.40. The maximum absolute atomic E-state index is 12.4. The number of carbonyl (C=O) groups is 2. The Bertz CT molecular complexity index is 509. The number of aliphatic carboxylic acids is 1. The SMILES string of the molecule is Cc1ccc(C(C)NC(=O)[C@@H]2CCCC[C@@H]2C(=O)O)cc1. The molecule has 1 saturated carbocycles. The first-order chi connectivity index (χ1) is 9.99. The van der Waals surface area contributed by atoms with Crippen molar-refractivity contribution >= 4 is 11.9 Å². The summed E-state index contributed by atoms with van der Waals surface area (Å²) in [5, 5.41) is 12.2. The summed E-state index contributed by atoms with van der Waals surface area (Å²) < 4.78 is 0. The van der Waals surface area contributed by atoms with Crippen molar-refractivity contribution in [2.75, 3.05) is 0 Å². The van der Waals surface area contributed by atoms with E-state index in [9.17, 15) is 14.7 Å². The molecule has 0 saturated heterocycles. The fourth-order valence-electron chi connectivity index (χ4n) is 3.00. The van der Waals surface area contributed by atoms with E-state index in [0.717, 1.165) is 18.4 Å². The van der Waals surface area contributed by atoms with Gasteiger partial charge in [-0.3, -0.25) is 9.59 Å². The molecule has 114 valence electrons. The van der Waals surface area contributed by atoms with E-state index in [1.54, 1.807) is 0 Å². The van der Waals surface area contributed by atoms with Crippen molar-refractivity contribution in [2.24, 2.45) is 11.8 Å². The minimum Gasteiger partial charge on any atom is -0.481 e. The Morgan fingerprint density at radius 3 is 2.29 bits per heavy atom. The first-order valence-electron chi connectivity index (χ1n) is 7.59. The fourth-order valence-corrected chi connectivity index (χ4v) is 3.00. The maximum atomic E-state index is 12.4. The molecule has 1 unspecified atom stereocenters. The maximum Gasteiger partial charge on any atom is 0.307 e. The van der Waals surface area contributed by atoms with Crippen LogP contribution in [0, 0.1) is 18.8 Å². The van der Waals surface area contributed by atoms with Crippen molar-refractivity contribution < 1.29 is 14.7 Å². The molecule has 3 atom stereocenters. The minimum absolute atomic E-state index is 0.102. The molecule has 0 bridgehead atoms. The number of hydrogen-bond donors (Lipinski definition) is 2. The average molecular weight is 289 g/mol. The second-order valence-electron chi connectivity index (χ2n) is 5.98. The molecule has 4 nitrogen and oxygen atoms in total.